The minimum Gasteiger partial charge on any atom is -0.480 e. The minimum atomic E-state index is -1.30. The van der Waals surface area contributed by atoms with Crippen LogP contribution in [0.2, 0.25) is 0 Å². The number of carboxylic acids is 1. The third-order valence-electron chi connectivity index (χ3n) is 7.05. The normalized spacial score (nSPS) is 14.5. The first kappa shape index (κ1) is 28.8. The second-order valence-electron chi connectivity index (χ2n) is 10.5. The molecule has 0 saturated carbocycles. The third-order valence-corrected chi connectivity index (χ3v) is 7.05. The molecule has 3 N–H and O–H groups in total. The zero-order valence-electron chi connectivity index (χ0n) is 23.0. The molecule has 4 rings (SSSR count). The summed E-state index contributed by atoms with van der Waals surface area (Å²) in [5, 5.41) is 15.0. The summed E-state index contributed by atoms with van der Waals surface area (Å²) in [6.45, 7) is 5.74. The second kappa shape index (κ2) is 13.3. The number of aliphatic carboxylic acids is 1. The largest absolute Gasteiger partial charge is 0.480 e. The molecule has 2 unspecified atom stereocenters. The first-order chi connectivity index (χ1) is 19.2. The molecule has 0 spiro atoms. The van der Waals surface area contributed by atoms with Gasteiger partial charge in [-0.15, -0.1) is 0 Å². The van der Waals surface area contributed by atoms with Gasteiger partial charge in [0.2, 0.25) is 5.91 Å². The lowest BCUT2D eigenvalue weighted by Gasteiger charge is -2.26. The molecule has 40 heavy (non-hydrogen) atoms. The molecule has 8 nitrogen and oxygen atoms in total. The Hall–Kier alpha value is -4.17. The molecule has 210 valence electrons. The first-order valence-electron chi connectivity index (χ1n) is 13.5. The van der Waals surface area contributed by atoms with Crippen molar-refractivity contribution < 1.29 is 29.0 Å². The van der Waals surface area contributed by atoms with Crippen molar-refractivity contribution in [1.82, 2.24) is 10.6 Å². The molecule has 0 aliphatic heterocycles. The summed E-state index contributed by atoms with van der Waals surface area (Å²) >= 11 is 0. The number of hydrogen-bond donors (Lipinski definition) is 3. The smallest absolute Gasteiger partial charge is 0.407 e. The number of carbonyl (C=O) groups excluding carboxylic acids is 2. The molecule has 0 heterocycles. The number of benzene rings is 3. The lowest BCUT2D eigenvalue weighted by atomic mass is 9.98. The molecule has 3 aromatic carbocycles. The van der Waals surface area contributed by atoms with Crippen LogP contribution >= 0.6 is 0 Å². The van der Waals surface area contributed by atoms with Gasteiger partial charge in [-0.1, -0.05) is 92.7 Å². The first-order valence-corrected chi connectivity index (χ1v) is 13.5. The number of ether oxygens (including phenoxy) is 2. The van der Waals surface area contributed by atoms with Gasteiger partial charge < -0.3 is 25.2 Å². The van der Waals surface area contributed by atoms with Crippen LogP contribution in [0, 0.1) is 5.92 Å². The Labute approximate surface area is 234 Å². The number of fused-ring (bicyclic) bond motifs is 3. The molecular formula is C32H36N2O6. The summed E-state index contributed by atoms with van der Waals surface area (Å²) in [4.78, 5) is 38.1. The maximum Gasteiger partial charge on any atom is 0.407 e. The van der Waals surface area contributed by atoms with E-state index >= 15 is 0 Å². The Morgan fingerprint density at radius 2 is 1.40 bits per heavy atom. The SMILES string of the molecule is CC(C)C[C@H](NC(=O)OCC1c2ccccc2-c2ccccc21)C(=O)NC(C(=O)O)C(C)OCc1ccccc1. The van der Waals surface area contributed by atoms with Crippen LogP contribution in [0.1, 0.15) is 49.8 Å². The molecule has 1 aliphatic rings. The molecule has 0 saturated heterocycles. The van der Waals surface area contributed by atoms with Crippen LogP contribution in [0.25, 0.3) is 11.1 Å². The topological polar surface area (TPSA) is 114 Å². The molecule has 3 aromatic rings. The molecule has 3 atom stereocenters. The van der Waals surface area contributed by atoms with E-state index in [4.69, 9.17) is 9.47 Å². The number of rotatable bonds is 12. The van der Waals surface area contributed by atoms with Crippen LogP contribution in [0.15, 0.2) is 78.9 Å². The van der Waals surface area contributed by atoms with Crippen LogP contribution in [0.3, 0.4) is 0 Å². The Morgan fingerprint density at radius 3 is 1.98 bits per heavy atom. The van der Waals surface area contributed by atoms with E-state index in [1.807, 2.05) is 80.6 Å². The summed E-state index contributed by atoms with van der Waals surface area (Å²) in [6.07, 6.45) is -1.24. The third kappa shape index (κ3) is 7.07. The van der Waals surface area contributed by atoms with Gasteiger partial charge >= 0.3 is 12.1 Å². The fraction of sp³-hybridized carbons (Fsp3) is 0.344. The lowest BCUT2D eigenvalue weighted by Crippen LogP contribution is -2.55. The van der Waals surface area contributed by atoms with Gasteiger partial charge in [0.05, 0.1) is 12.7 Å². The number of nitrogens with one attached hydrogen (secondary N) is 2. The van der Waals surface area contributed by atoms with Crippen molar-refractivity contribution >= 4 is 18.0 Å². The van der Waals surface area contributed by atoms with Crippen molar-refractivity contribution in [2.24, 2.45) is 5.92 Å². The number of carbonyl (C=O) groups is 3. The van der Waals surface area contributed by atoms with Gasteiger partial charge in [0.25, 0.3) is 0 Å². The van der Waals surface area contributed by atoms with Crippen molar-refractivity contribution in [2.75, 3.05) is 6.61 Å². The summed E-state index contributed by atoms with van der Waals surface area (Å²) in [6, 6.07) is 23.2. The summed E-state index contributed by atoms with van der Waals surface area (Å²) < 4.78 is 11.4. The van der Waals surface area contributed by atoms with Crippen molar-refractivity contribution in [3.63, 3.8) is 0 Å². The van der Waals surface area contributed by atoms with Crippen molar-refractivity contribution in [2.45, 2.75) is 57.9 Å². The van der Waals surface area contributed by atoms with E-state index in [1.165, 1.54) is 0 Å². The Balaban J connectivity index is 1.38. The number of amides is 2. The molecule has 0 aromatic heterocycles. The molecule has 8 heteroatoms. The molecule has 2 amide bonds. The van der Waals surface area contributed by atoms with E-state index < -0.39 is 36.2 Å². The van der Waals surface area contributed by atoms with Crippen LogP contribution < -0.4 is 10.6 Å². The van der Waals surface area contributed by atoms with Crippen molar-refractivity contribution in [1.29, 1.82) is 0 Å². The number of alkyl carbamates (subject to hydrolysis) is 1. The van der Waals surface area contributed by atoms with Crippen molar-refractivity contribution in [3.05, 3.63) is 95.6 Å². The summed E-state index contributed by atoms with van der Waals surface area (Å²) in [5.74, 6) is -1.89. The highest BCUT2D eigenvalue weighted by atomic mass is 16.5. The van der Waals surface area contributed by atoms with Crippen molar-refractivity contribution in [3.8, 4) is 11.1 Å². The van der Waals surface area contributed by atoms with E-state index in [2.05, 4.69) is 22.8 Å². The van der Waals surface area contributed by atoms with Gasteiger partial charge in [0.1, 0.15) is 12.6 Å². The second-order valence-corrected chi connectivity index (χ2v) is 10.5. The van der Waals surface area contributed by atoms with Crippen LogP contribution in [0.4, 0.5) is 4.79 Å². The molecule has 0 radical (unpaired) electrons. The van der Waals surface area contributed by atoms with Gasteiger partial charge in [0.15, 0.2) is 6.04 Å². The monoisotopic (exact) mass is 544 g/mol. The quantitative estimate of drug-likeness (QED) is 0.292. The molecular weight excluding hydrogens is 508 g/mol. The Morgan fingerprint density at radius 1 is 0.825 bits per heavy atom. The maximum atomic E-state index is 13.2. The van der Waals surface area contributed by atoms with E-state index in [-0.39, 0.29) is 25.0 Å². The highest BCUT2D eigenvalue weighted by Crippen LogP contribution is 2.44. The fourth-order valence-electron chi connectivity index (χ4n) is 5.02. The lowest BCUT2D eigenvalue weighted by molar-refractivity contribution is -0.146. The predicted molar refractivity (Wildman–Crippen MR) is 152 cm³/mol. The molecule has 0 bridgehead atoms. The maximum absolute atomic E-state index is 13.2. The van der Waals surface area contributed by atoms with Crippen LogP contribution in [-0.2, 0) is 25.7 Å². The van der Waals surface area contributed by atoms with E-state index in [0.29, 0.717) is 6.42 Å². The Bertz CT molecular complexity index is 1280. The van der Waals surface area contributed by atoms with Gasteiger partial charge in [-0.05, 0) is 47.1 Å². The molecule has 1 aliphatic carbocycles. The van der Waals surface area contributed by atoms with Crippen LogP contribution in [-0.4, -0.2) is 47.9 Å². The predicted octanol–water partition coefficient (Wildman–Crippen LogP) is 5.11. The minimum absolute atomic E-state index is 0.0552. The van der Waals surface area contributed by atoms with Crippen LogP contribution in [0.5, 0.6) is 0 Å². The van der Waals surface area contributed by atoms with Gasteiger partial charge in [-0.2, -0.15) is 0 Å². The zero-order chi connectivity index (χ0) is 28.6. The highest BCUT2D eigenvalue weighted by molar-refractivity contribution is 5.89. The molecule has 0 fully saturated rings. The van der Waals surface area contributed by atoms with Gasteiger partial charge in [0, 0.05) is 5.92 Å². The summed E-state index contributed by atoms with van der Waals surface area (Å²) in [7, 11) is 0. The zero-order valence-corrected chi connectivity index (χ0v) is 23.0. The van der Waals surface area contributed by atoms with E-state index in [1.54, 1.807) is 6.92 Å². The highest BCUT2D eigenvalue weighted by Gasteiger charge is 2.33. The average molecular weight is 545 g/mol. The van der Waals surface area contributed by atoms with E-state index in [0.717, 1.165) is 27.8 Å². The Kier molecular flexibility index (Phi) is 9.56. The standard InChI is InChI=1S/C32H36N2O6/c1-20(2)17-28(30(35)34-29(31(36)37)21(3)39-18-22-11-5-4-6-12-22)33-32(38)40-19-27-25-15-9-7-13-23(25)24-14-8-10-16-26(24)27/h4-16,20-21,27-29H,17-19H2,1-3H3,(H,33,38)(H,34,35)(H,36,37)/t21?,28-,29?/m0/s1. The number of carboxylic acid groups (broad SMARTS) is 1. The summed E-state index contributed by atoms with van der Waals surface area (Å²) in [5.41, 5.74) is 5.29. The van der Waals surface area contributed by atoms with E-state index in [9.17, 15) is 19.5 Å². The fourth-order valence-corrected chi connectivity index (χ4v) is 5.02. The average Bonchev–Trinajstić information content (AvgIpc) is 3.26. The number of hydrogen-bond acceptors (Lipinski definition) is 5. The van der Waals surface area contributed by atoms with Gasteiger partial charge in [-0.3, -0.25) is 4.79 Å². The van der Waals surface area contributed by atoms with Gasteiger partial charge in [-0.25, -0.2) is 9.59 Å².